The van der Waals surface area contributed by atoms with Gasteiger partial charge in [-0.3, -0.25) is 9.36 Å². The van der Waals surface area contributed by atoms with Crippen LogP contribution >= 0.6 is 23.4 Å². The molecule has 0 spiro atoms. The second-order valence-corrected chi connectivity index (χ2v) is 9.29. The highest BCUT2D eigenvalue weighted by Crippen LogP contribution is 2.34. The number of rotatable bonds is 7. The molecule has 2 aromatic carbocycles. The quantitative estimate of drug-likeness (QED) is 0.475. The maximum absolute atomic E-state index is 12.7. The minimum Gasteiger partial charge on any atom is -0.496 e. The number of nitriles is 1. The number of hydrogen-bond donors (Lipinski definition) is 1. The predicted molar refractivity (Wildman–Crippen MR) is 129 cm³/mol. The number of benzene rings is 2. The van der Waals surface area contributed by atoms with E-state index < -0.39 is 5.54 Å². The first-order valence-corrected chi connectivity index (χ1v) is 12.1. The van der Waals surface area contributed by atoms with Gasteiger partial charge >= 0.3 is 0 Å². The predicted octanol–water partition coefficient (Wildman–Crippen LogP) is 5.03. The lowest BCUT2D eigenvalue weighted by Gasteiger charge is -2.31. The SMILES string of the molecule is COc1ccccc1-c1nnc(SCC(=O)NC2(C#N)CCCCC2)n1-c1ccc(Cl)cc1. The number of aromatic nitrogens is 3. The highest BCUT2D eigenvalue weighted by molar-refractivity contribution is 7.99. The van der Waals surface area contributed by atoms with Crippen molar-refractivity contribution in [3.8, 4) is 28.9 Å². The molecule has 33 heavy (non-hydrogen) atoms. The minimum atomic E-state index is -0.762. The summed E-state index contributed by atoms with van der Waals surface area (Å²) in [6, 6.07) is 17.2. The molecule has 1 heterocycles. The third-order valence-corrected chi connectivity index (χ3v) is 6.88. The average molecular weight is 482 g/mol. The van der Waals surface area contributed by atoms with Gasteiger partial charge in [-0.25, -0.2) is 0 Å². The highest BCUT2D eigenvalue weighted by Gasteiger charge is 2.33. The summed E-state index contributed by atoms with van der Waals surface area (Å²) in [5.74, 6) is 1.20. The van der Waals surface area contributed by atoms with Gasteiger partial charge in [-0.15, -0.1) is 10.2 Å². The lowest BCUT2D eigenvalue weighted by molar-refractivity contribution is -0.120. The van der Waals surface area contributed by atoms with E-state index in [2.05, 4.69) is 21.6 Å². The lowest BCUT2D eigenvalue weighted by Crippen LogP contribution is -2.49. The first-order valence-electron chi connectivity index (χ1n) is 10.7. The number of halogens is 1. The molecular formula is C24H24ClN5O2S. The third kappa shape index (κ3) is 5.15. The van der Waals surface area contributed by atoms with Crippen LogP contribution in [-0.2, 0) is 4.79 Å². The maximum atomic E-state index is 12.7. The molecule has 1 aromatic heterocycles. The van der Waals surface area contributed by atoms with Crippen LogP contribution in [0.3, 0.4) is 0 Å². The Morgan fingerprint density at radius 1 is 1.18 bits per heavy atom. The largest absolute Gasteiger partial charge is 0.496 e. The van der Waals surface area contributed by atoms with Crippen molar-refractivity contribution in [2.45, 2.75) is 42.8 Å². The number of nitrogens with zero attached hydrogens (tertiary/aromatic N) is 4. The van der Waals surface area contributed by atoms with Crippen molar-refractivity contribution in [1.29, 1.82) is 5.26 Å². The van der Waals surface area contributed by atoms with E-state index in [1.807, 2.05) is 41.0 Å². The summed E-state index contributed by atoms with van der Waals surface area (Å²) in [5.41, 5.74) is 0.834. The van der Waals surface area contributed by atoms with Gasteiger partial charge in [-0.1, -0.05) is 54.8 Å². The van der Waals surface area contributed by atoms with Gasteiger partial charge in [0, 0.05) is 10.7 Å². The third-order valence-electron chi connectivity index (χ3n) is 5.70. The van der Waals surface area contributed by atoms with Crippen LogP contribution < -0.4 is 10.1 Å². The standard InChI is InChI=1S/C24H24ClN5O2S/c1-32-20-8-4-3-7-19(20)22-28-29-23(30(22)18-11-9-17(25)10-12-18)33-15-21(31)27-24(16-26)13-5-2-6-14-24/h3-4,7-12H,2,5-6,13-15H2,1H3,(H,27,31). The van der Waals surface area contributed by atoms with Crippen LogP contribution in [0.5, 0.6) is 5.75 Å². The van der Waals surface area contributed by atoms with Crippen molar-refractivity contribution in [3.05, 3.63) is 53.6 Å². The zero-order valence-corrected chi connectivity index (χ0v) is 19.8. The molecule has 0 atom stereocenters. The number of carbonyl (C=O) groups excluding carboxylic acids is 1. The lowest BCUT2D eigenvalue weighted by atomic mass is 9.83. The first-order chi connectivity index (χ1) is 16.0. The topological polar surface area (TPSA) is 92.8 Å². The Morgan fingerprint density at radius 3 is 2.61 bits per heavy atom. The highest BCUT2D eigenvalue weighted by atomic mass is 35.5. The Bertz CT molecular complexity index is 1170. The van der Waals surface area contributed by atoms with E-state index in [1.165, 1.54) is 11.8 Å². The molecule has 0 aliphatic heterocycles. The van der Waals surface area contributed by atoms with E-state index >= 15 is 0 Å². The number of para-hydroxylation sites is 1. The van der Waals surface area contributed by atoms with Crippen molar-refractivity contribution in [1.82, 2.24) is 20.1 Å². The molecule has 3 aromatic rings. The molecule has 1 aliphatic rings. The number of carbonyl (C=O) groups is 1. The van der Waals surface area contributed by atoms with Crippen molar-refractivity contribution < 1.29 is 9.53 Å². The van der Waals surface area contributed by atoms with E-state index in [-0.39, 0.29) is 11.7 Å². The summed E-state index contributed by atoms with van der Waals surface area (Å²) in [5, 5.41) is 22.6. The smallest absolute Gasteiger partial charge is 0.231 e. The summed E-state index contributed by atoms with van der Waals surface area (Å²) >= 11 is 7.37. The van der Waals surface area contributed by atoms with Gasteiger partial charge in [0.1, 0.15) is 11.3 Å². The van der Waals surface area contributed by atoms with Gasteiger partial charge < -0.3 is 10.1 Å². The van der Waals surface area contributed by atoms with Crippen molar-refractivity contribution >= 4 is 29.3 Å². The molecule has 7 nitrogen and oxygen atoms in total. The summed E-state index contributed by atoms with van der Waals surface area (Å²) in [6.07, 6.45) is 4.39. The zero-order valence-electron chi connectivity index (χ0n) is 18.3. The summed E-state index contributed by atoms with van der Waals surface area (Å²) < 4.78 is 7.40. The Kier molecular flexibility index (Phi) is 7.21. The maximum Gasteiger partial charge on any atom is 0.231 e. The number of methoxy groups -OCH3 is 1. The number of ether oxygens (including phenoxy) is 1. The Hall–Kier alpha value is -3.02. The molecule has 1 aliphatic carbocycles. The fourth-order valence-corrected chi connectivity index (χ4v) is 4.92. The number of thioether (sulfide) groups is 1. The normalized spacial score (nSPS) is 14.9. The molecule has 4 rings (SSSR count). The van der Waals surface area contributed by atoms with Crippen LogP contribution in [-0.4, -0.2) is 39.1 Å². The van der Waals surface area contributed by atoms with Crippen LogP contribution in [0.25, 0.3) is 17.1 Å². The minimum absolute atomic E-state index is 0.126. The van der Waals surface area contributed by atoms with Gasteiger partial charge in [0.25, 0.3) is 0 Å². The van der Waals surface area contributed by atoms with E-state index in [9.17, 15) is 10.1 Å². The molecular weight excluding hydrogens is 458 g/mol. The molecule has 0 bridgehead atoms. The first kappa shape index (κ1) is 23.1. The molecule has 170 valence electrons. The Balaban J connectivity index is 1.62. The Labute approximate surface area is 202 Å². The number of hydrogen-bond acceptors (Lipinski definition) is 6. The molecule has 9 heteroatoms. The number of amides is 1. The summed E-state index contributed by atoms with van der Waals surface area (Å²) in [7, 11) is 1.61. The van der Waals surface area contributed by atoms with Crippen molar-refractivity contribution in [2.24, 2.45) is 0 Å². The second kappa shape index (κ2) is 10.3. The molecule has 0 unspecified atom stereocenters. The van der Waals surface area contributed by atoms with Crippen molar-refractivity contribution in [3.63, 3.8) is 0 Å². The van der Waals surface area contributed by atoms with Crippen LogP contribution in [0.1, 0.15) is 32.1 Å². The summed E-state index contributed by atoms with van der Waals surface area (Å²) in [6.45, 7) is 0. The van der Waals surface area contributed by atoms with E-state index in [4.69, 9.17) is 16.3 Å². The molecule has 1 saturated carbocycles. The van der Waals surface area contributed by atoms with Crippen LogP contribution in [0.15, 0.2) is 53.7 Å². The molecule has 1 fully saturated rings. The summed E-state index contributed by atoms with van der Waals surface area (Å²) in [4.78, 5) is 12.7. The molecule has 1 N–H and O–H groups in total. The van der Waals surface area contributed by atoms with Crippen LogP contribution in [0, 0.1) is 11.3 Å². The van der Waals surface area contributed by atoms with Gasteiger partial charge in [0.2, 0.25) is 5.91 Å². The number of nitrogens with one attached hydrogen (secondary N) is 1. The van der Waals surface area contributed by atoms with Gasteiger partial charge in [-0.2, -0.15) is 5.26 Å². The van der Waals surface area contributed by atoms with E-state index in [1.54, 1.807) is 19.2 Å². The second-order valence-electron chi connectivity index (χ2n) is 7.91. The van der Waals surface area contributed by atoms with Gasteiger partial charge in [0.15, 0.2) is 11.0 Å². The monoisotopic (exact) mass is 481 g/mol. The fraction of sp³-hybridized carbons (Fsp3) is 0.333. The fourth-order valence-electron chi connectivity index (χ4n) is 4.04. The van der Waals surface area contributed by atoms with E-state index in [0.717, 1.165) is 30.5 Å². The van der Waals surface area contributed by atoms with Gasteiger partial charge in [-0.05, 0) is 49.2 Å². The zero-order chi connectivity index (χ0) is 23.3. The van der Waals surface area contributed by atoms with Crippen LogP contribution in [0.4, 0.5) is 0 Å². The van der Waals surface area contributed by atoms with E-state index in [0.29, 0.717) is 34.6 Å². The molecule has 1 amide bonds. The Morgan fingerprint density at radius 2 is 1.91 bits per heavy atom. The molecule has 0 radical (unpaired) electrons. The molecule has 0 saturated heterocycles. The van der Waals surface area contributed by atoms with Crippen LogP contribution in [0.2, 0.25) is 5.02 Å². The van der Waals surface area contributed by atoms with Gasteiger partial charge in [0.05, 0.1) is 24.5 Å². The average Bonchev–Trinajstić information content (AvgIpc) is 3.27. The van der Waals surface area contributed by atoms with Crippen molar-refractivity contribution in [2.75, 3.05) is 12.9 Å².